The van der Waals surface area contributed by atoms with Crippen LogP contribution in [0.1, 0.15) is 12.8 Å². The van der Waals surface area contributed by atoms with E-state index in [0.717, 1.165) is 5.92 Å². The van der Waals surface area contributed by atoms with Gasteiger partial charge in [-0.2, -0.15) is 0 Å². The summed E-state index contributed by atoms with van der Waals surface area (Å²) in [6.07, 6.45) is 2.98. The highest BCUT2D eigenvalue weighted by Crippen LogP contribution is 2.36. The molecule has 0 aliphatic heterocycles. The third-order valence-corrected chi connectivity index (χ3v) is 6.55. The average Bonchev–Trinajstić information content (AvgIpc) is 2.89. The first kappa shape index (κ1) is 9.01. The molecule has 0 atom stereocenters. The SMILES string of the molecule is C[Si](C)(CC1CC1)c1ccccc1. The van der Waals surface area contributed by atoms with Crippen LogP contribution in [0.4, 0.5) is 0 Å². The zero-order valence-electron chi connectivity index (χ0n) is 8.59. The Morgan fingerprint density at radius 1 is 1.15 bits per heavy atom. The predicted octanol–water partition coefficient (Wildman–Crippen LogP) is 3.01. The Labute approximate surface area is 82.0 Å². The monoisotopic (exact) mass is 190 g/mol. The van der Waals surface area contributed by atoms with E-state index in [-0.39, 0.29) is 0 Å². The second-order valence-electron chi connectivity index (χ2n) is 4.90. The van der Waals surface area contributed by atoms with Crippen molar-refractivity contribution >= 4 is 13.3 Å². The van der Waals surface area contributed by atoms with Crippen LogP contribution in [0, 0.1) is 5.92 Å². The van der Waals surface area contributed by atoms with Crippen molar-refractivity contribution in [3.8, 4) is 0 Å². The molecule has 0 spiro atoms. The van der Waals surface area contributed by atoms with Gasteiger partial charge in [0.1, 0.15) is 0 Å². The van der Waals surface area contributed by atoms with Gasteiger partial charge < -0.3 is 0 Å². The van der Waals surface area contributed by atoms with Crippen LogP contribution in [0.2, 0.25) is 19.1 Å². The molecule has 1 fully saturated rings. The molecule has 0 N–H and O–H groups in total. The predicted molar refractivity (Wildman–Crippen MR) is 61.1 cm³/mol. The molecule has 1 aromatic rings. The summed E-state index contributed by atoms with van der Waals surface area (Å²) in [6, 6.07) is 12.6. The van der Waals surface area contributed by atoms with Crippen molar-refractivity contribution in [1.29, 1.82) is 0 Å². The maximum Gasteiger partial charge on any atom is 0.0809 e. The Morgan fingerprint density at radius 2 is 1.77 bits per heavy atom. The van der Waals surface area contributed by atoms with E-state index in [2.05, 4.69) is 43.4 Å². The normalized spacial score (nSPS) is 17.4. The number of hydrogen-bond donors (Lipinski definition) is 0. The van der Waals surface area contributed by atoms with E-state index in [9.17, 15) is 0 Å². The molecule has 1 heteroatoms. The van der Waals surface area contributed by atoms with E-state index in [0.29, 0.717) is 0 Å². The molecule has 1 saturated carbocycles. The minimum atomic E-state index is -1.08. The van der Waals surface area contributed by atoms with Crippen molar-refractivity contribution in [3.05, 3.63) is 30.3 Å². The largest absolute Gasteiger partial charge is 0.0809 e. The molecule has 0 bridgehead atoms. The first-order chi connectivity index (χ1) is 6.18. The third kappa shape index (κ3) is 2.22. The Balaban J connectivity index is 2.12. The summed E-state index contributed by atoms with van der Waals surface area (Å²) in [7, 11) is -1.08. The smallest absolute Gasteiger partial charge is 0.0654 e. The van der Waals surface area contributed by atoms with Crippen molar-refractivity contribution in [2.75, 3.05) is 0 Å². The molecule has 13 heavy (non-hydrogen) atoms. The summed E-state index contributed by atoms with van der Waals surface area (Å²) >= 11 is 0. The van der Waals surface area contributed by atoms with Crippen LogP contribution < -0.4 is 5.19 Å². The molecule has 1 aliphatic rings. The van der Waals surface area contributed by atoms with Gasteiger partial charge in [-0.25, -0.2) is 0 Å². The van der Waals surface area contributed by atoms with Crippen LogP contribution in [0.25, 0.3) is 0 Å². The van der Waals surface area contributed by atoms with Gasteiger partial charge in [-0.3, -0.25) is 0 Å². The summed E-state index contributed by atoms with van der Waals surface area (Å²) in [5, 5.41) is 1.63. The first-order valence-corrected chi connectivity index (χ1v) is 8.45. The summed E-state index contributed by atoms with van der Waals surface area (Å²) in [5.74, 6) is 1.07. The van der Waals surface area contributed by atoms with Gasteiger partial charge in [-0.15, -0.1) is 0 Å². The standard InChI is InChI=1S/C12H18Si/c1-13(2,10-11-8-9-11)12-6-4-3-5-7-12/h3-7,11H,8-10H2,1-2H3. The Bertz CT molecular complexity index is 272. The highest BCUT2D eigenvalue weighted by molar-refractivity contribution is 6.89. The van der Waals surface area contributed by atoms with Crippen molar-refractivity contribution in [2.24, 2.45) is 5.92 Å². The molecule has 0 amide bonds. The van der Waals surface area contributed by atoms with Gasteiger partial charge in [0.25, 0.3) is 0 Å². The van der Waals surface area contributed by atoms with Gasteiger partial charge in [0, 0.05) is 0 Å². The maximum absolute atomic E-state index is 2.50. The van der Waals surface area contributed by atoms with Gasteiger partial charge in [0.2, 0.25) is 0 Å². The zero-order valence-corrected chi connectivity index (χ0v) is 9.59. The lowest BCUT2D eigenvalue weighted by molar-refractivity contribution is 0.952. The van der Waals surface area contributed by atoms with Crippen LogP contribution in [-0.4, -0.2) is 8.07 Å². The topological polar surface area (TPSA) is 0 Å². The molecule has 1 aliphatic carbocycles. The van der Waals surface area contributed by atoms with Crippen molar-refractivity contribution in [2.45, 2.75) is 32.0 Å². The minimum Gasteiger partial charge on any atom is -0.0654 e. The summed E-state index contributed by atoms with van der Waals surface area (Å²) < 4.78 is 0. The zero-order chi connectivity index (χ0) is 9.31. The lowest BCUT2D eigenvalue weighted by Crippen LogP contribution is -2.41. The van der Waals surface area contributed by atoms with E-state index >= 15 is 0 Å². The quantitative estimate of drug-likeness (QED) is 0.643. The molecule has 2 rings (SSSR count). The molecule has 70 valence electrons. The van der Waals surface area contributed by atoms with E-state index in [1.54, 1.807) is 5.19 Å². The molecule has 0 heterocycles. The summed E-state index contributed by atoms with van der Waals surface area (Å²) in [5.41, 5.74) is 0. The lowest BCUT2D eigenvalue weighted by Gasteiger charge is -2.22. The van der Waals surface area contributed by atoms with E-state index in [1.807, 2.05) is 0 Å². The highest BCUT2D eigenvalue weighted by atomic mass is 28.3. The molecular formula is C12H18Si. The van der Waals surface area contributed by atoms with E-state index in [4.69, 9.17) is 0 Å². The van der Waals surface area contributed by atoms with Crippen LogP contribution in [0.15, 0.2) is 30.3 Å². The second kappa shape index (κ2) is 3.30. The lowest BCUT2D eigenvalue weighted by atomic mass is 10.4. The van der Waals surface area contributed by atoms with Crippen LogP contribution in [-0.2, 0) is 0 Å². The third-order valence-electron chi connectivity index (χ3n) is 3.05. The van der Waals surface area contributed by atoms with Gasteiger partial charge in [-0.05, 0) is 5.92 Å². The van der Waals surface area contributed by atoms with Crippen LogP contribution in [0.3, 0.4) is 0 Å². The molecule has 0 saturated heterocycles. The molecular weight excluding hydrogens is 172 g/mol. The fraction of sp³-hybridized carbons (Fsp3) is 0.500. The van der Waals surface area contributed by atoms with Crippen molar-refractivity contribution in [1.82, 2.24) is 0 Å². The van der Waals surface area contributed by atoms with Crippen molar-refractivity contribution < 1.29 is 0 Å². The molecule has 0 nitrogen and oxygen atoms in total. The van der Waals surface area contributed by atoms with Gasteiger partial charge in [-0.1, -0.05) is 67.5 Å². The maximum atomic E-state index is 2.50. The van der Waals surface area contributed by atoms with Crippen LogP contribution >= 0.6 is 0 Å². The number of rotatable bonds is 3. The van der Waals surface area contributed by atoms with Crippen molar-refractivity contribution in [3.63, 3.8) is 0 Å². The Kier molecular flexibility index (Phi) is 2.29. The molecule has 0 radical (unpaired) electrons. The van der Waals surface area contributed by atoms with Gasteiger partial charge in [0.05, 0.1) is 8.07 Å². The Hall–Kier alpha value is -0.563. The number of benzene rings is 1. The van der Waals surface area contributed by atoms with E-state index < -0.39 is 8.07 Å². The van der Waals surface area contributed by atoms with Crippen LogP contribution in [0.5, 0.6) is 0 Å². The van der Waals surface area contributed by atoms with E-state index in [1.165, 1.54) is 18.9 Å². The van der Waals surface area contributed by atoms with Gasteiger partial charge >= 0.3 is 0 Å². The average molecular weight is 190 g/mol. The highest BCUT2D eigenvalue weighted by Gasteiger charge is 2.32. The fourth-order valence-corrected chi connectivity index (χ4v) is 5.23. The Morgan fingerprint density at radius 3 is 2.31 bits per heavy atom. The molecule has 0 unspecified atom stereocenters. The minimum absolute atomic E-state index is 1.07. The summed E-state index contributed by atoms with van der Waals surface area (Å²) in [4.78, 5) is 0. The van der Waals surface area contributed by atoms with Gasteiger partial charge in [0.15, 0.2) is 0 Å². The molecule has 0 aromatic heterocycles. The number of hydrogen-bond acceptors (Lipinski definition) is 0. The fourth-order valence-electron chi connectivity index (χ4n) is 2.05. The molecule has 1 aromatic carbocycles. The summed E-state index contributed by atoms with van der Waals surface area (Å²) in [6.45, 7) is 5.00. The first-order valence-electron chi connectivity index (χ1n) is 5.24. The second-order valence-corrected chi connectivity index (χ2v) is 9.65.